The van der Waals surface area contributed by atoms with Crippen LogP contribution in [0.3, 0.4) is 0 Å². The van der Waals surface area contributed by atoms with Gasteiger partial charge < -0.3 is 30.6 Å². The second kappa shape index (κ2) is 12.7. The van der Waals surface area contributed by atoms with Crippen LogP contribution in [-0.2, 0) is 23.4 Å². The third kappa shape index (κ3) is 7.42. The van der Waals surface area contributed by atoms with Crippen LogP contribution in [-0.4, -0.2) is 63.8 Å². The summed E-state index contributed by atoms with van der Waals surface area (Å²) in [7, 11) is -4.32. The Morgan fingerprint density at radius 2 is 2.03 bits per heavy atom. The molecule has 13 nitrogen and oxygen atoms in total. The molecule has 0 spiro atoms. The van der Waals surface area contributed by atoms with Gasteiger partial charge in [0.1, 0.15) is 36.5 Å². The summed E-state index contributed by atoms with van der Waals surface area (Å²) in [6.07, 6.45) is -3.62. The maximum atomic E-state index is 13.7. The van der Waals surface area contributed by atoms with Crippen molar-refractivity contribution >= 4 is 19.5 Å². The molecule has 1 saturated heterocycles. The molecule has 212 valence electrons. The number of esters is 1. The monoisotopic (exact) mass is 567 g/mol. The number of carbonyl (C=O) groups excluding carboxylic acids is 1. The Labute approximate surface area is 224 Å². The van der Waals surface area contributed by atoms with Crippen LogP contribution in [0.4, 0.5) is 10.2 Å². The summed E-state index contributed by atoms with van der Waals surface area (Å²) in [4.78, 5) is 28.4. The number of alkyl halides is 1. The van der Waals surface area contributed by atoms with Crippen molar-refractivity contribution in [3.63, 3.8) is 0 Å². The number of nitrogens with one attached hydrogen (secondary N) is 1. The van der Waals surface area contributed by atoms with E-state index in [2.05, 4.69) is 21.9 Å². The van der Waals surface area contributed by atoms with Crippen LogP contribution in [0.15, 0.2) is 47.4 Å². The zero-order valence-corrected chi connectivity index (χ0v) is 22.4. The maximum absolute atomic E-state index is 13.7. The van der Waals surface area contributed by atoms with Crippen LogP contribution in [0.2, 0.25) is 0 Å². The van der Waals surface area contributed by atoms with Gasteiger partial charge in [-0.1, -0.05) is 30.0 Å². The number of hydrogen-bond acceptors (Lipinski definition) is 11. The van der Waals surface area contributed by atoms with Crippen LogP contribution in [0, 0.1) is 11.8 Å². The van der Waals surface area contributed by atoms with Gasteiger partial charge in [-0.05, 0) is 39.0 Å². The summed E-state index contributed by atoms with van der Waals surface area (Å²) in [5.74, 6) is 3.93. The van der Waals surface area contributed by atoms with Gasteiger partial charge in [0.2, 0.25) is 0 Å². The molecule has 1 aromatic carbocycles. The number of rotatable bonds is 10. The maximum Gasteiger partial charge on any atom is 0.459 e. The molecule has 1 aromatic heterocycles. The standard InChI is InChI=1S/C24H31FN5O8P/c1-15(2)36-21(32)16(3)29-39(34,38-17-8-5-4-6-9-17)35-14-18-20(31)24(27,11-7-12-25)22(37-18)30-13-10-19(26)28-23(30)33/h4-6,8-10,13,15-16,18,20,22,31H,12,14,27H2,1-3H3,(H,29,34)(H2,26,28,33)/t16-,18+,20?,22+,24+,39?/m0/s1. The van der Waals surface area contributed by atoms with E-state index < -0.39 is 68.8 Å². The summed E-state index contributed by atoms with van der Waals surface area (Å²) >= 11 is 0. The van der Waals surface area contributed by atoms with E-state index in [1.165, 1.54) is 31.3 Å². The third-order valence-corrected chi connectivity index (χ3v) is 7.11. The van der Waals surface area contributed by atoms with Gasteiger partial charge in [0.05, 0.1) is 12.7 Å². The predicted octanol–water partition coefficient (Wildman–Crippen LogP) is 0.888. The molecule has 6 N–H and O–H groups in total. The molecular formula is C24H31FN5O8P. The molecule has 3 rings (SSSR count). The lowest BCUT2D eigenvalue weighted by Gasteiger charge is -2.28. The van der Waals surface area contributed by atoms with Crippen LogP contribution in [0.25, 0.3) is 0 Å². The Morgan fingerprint density at radius 3 is 2.64 bits per heavy atom. The predicted molar refractivity (Wildman–Crippen MR) is 138 cm³/mol. The van der Waals surface area contributed by atoms with Crippen molar-refractivity contribution in [1.29, 1.82) is 0 Å². The Morgan fingerprint density at radius 1 is 1.33 bits per heavy atom. The fraction of sp³-hybridized carbons (Fsp3) is 0.458. The van der Waals surface area contributed by atoms with E-state index in [9.17, 15) is 23.7 Å². The number of aliphatic hydroxyl groups excluding tert-OH is 1. The Balaban J connectivity index is 1.88. The molecule has 1 aliphatic rings. The van der Waals surface area contributed by atoms with Gasteiger partial charge in [0.25, 0.3) is 0 Å². The molecule has 1 aliphatic heterocycles. The highest BCUT2D eigenvalue weighted by Gasteiger charge is 2.55. The van der Waals surface area contributed by atoms with E-state index in [0.717, 1.165) is 4.57 Å². The topological polar surface area (TPSA) is 190 Å². The average molecular weight is 568 g/mol. The third-order valence-electron chi connectivity index (χ3n) is 5.46. The smallest absolute Gasteiger partial charge is 0.459 e. The molecule has 0 amide bonds. The van der Waals surface area contributed by atoms with Crippen molar-refractivity contribution in [3.05, 3.63) is 53.1 Å². The highest BCUT2D eigenvalue weighted by atomic mass is 31.2. The number of hydrogen-bond donors (Lipinski definition) is 4. The quantitative estimate of drug-likeness (QED) is 0.180. The van der Waals surface area contributed by atoms with E-state index >= 15 is 0 Å². The second-order valence-corrected chi connectivity index (χ2v) is 10.6. The highest BCUT2D eigenvalue weighted by molar-refractivity contribution is 7.52. The van der Waals surface area contributed by atoms with Crippen molar-refractivity contribution in [2.45, 2.75) is 56.9 Å². The number of nitrogens with two attached hydrogens (primary N) is 2. The van der Waals surface area contributed by atoms with Gasteiger partial charge in [0, 0.05) is 6.20 Å². The van der Waals surface area contributed by atoms with Crippen molar-refractivity contribution in [3.8, 4) is 17.6 Å². The molecule has 0 saturated carbocycles. The van der Waals surface area contributed by atoms with Gasteiger partial charge in [-0.2, -0.15) is 10.1 Å². The molecular weight excluding hydrogens is 536 g/mol. The van der Waals surface area contributed by atoms with E-state index in [4.69, 9.17) is 30.0 Å². The number of nitrogens with zero attached hydrogens (tertiary/aromatic N) is 2. The number of halogens is 1. The minimum absolute atomic E-state index is 0.0673. The lowest BCUT2D eigenvalue weighted by molar-refractivity contribution is -0.149. The molecule has 39 heavy (non-hydrogen) atoms. The van der Waals surface area contributed by atoms with Gasteiger partial charge in [-0.3, -0.25) is 13.9 Å². The molecule has 0 aliphatic carbocycles. The summed E-state index contributed by atoms with van der Waals surface area (Å²) in [5, 5.41) is 13.5. The molecule has 0 radical (unpaired) electrons. The SMILES string of the molecule is CC(C)OC(=O)[C@H](C)NP(=O)(OC[C@H]1O[C@@H](n2ccc(N)nc2=O)[C@@](N)(C#CCF)C1O)Oc1ccccc1. The van der Waals surface area contributed by atoms with Crippen LogP contribution in [0.1, 0.15) is 27.0 Å². The number of aromatic nitrogens is 2. The zero-order chi connectivity index (χ0) is 28.8. The largest absolute Gasteiger partial charge is 0.462 e. The van der Waals surface area contributed by atoms with Gasteiger partial charge in [-0.15, -0.1) is 0 Å². The minimum atomic E-state index is -4.32. The number of para-hydroxylation sites is 1. The first-order chi connectivity index (χ1) is 18.4. The Hall–Kier alpha value is -3.31. The average Bonchev–Trinajstić information content (AvgIpc) is 3.11. The Kier molecular flexibility index (Phi) is 9.84. The summed E-state index contributed by atoms with van der Waals surface area (Å²) in [6.45, 7) is 3.04. The van der Waals surface area contributed by atoms with Crippen molar-refractivity contribution < 1.29 is 37.4 Å². The van der Waals surface area contributed by atoms with E-state index in [-0.39, 0.29) is 11.6 Å². The number of aliphatic hydroxyl groups is 1. The van der Waals surface area contributed by atoms with Gasteiger partial charge in [-0.25, -0.2) is 13.8 Å². The number of nitrogen functional groups attached to an aromatic ring is 1. The van der Waals surface area contributed by atoms with E-state index in [1.54, 1.807) is 32.0 Å². The first-order valence-electron chi connectivity index (χ1n) is 11.9. The van der Waals surface area contributed by atoms with Gasteiger partial charge >= 0.3 is 19.4 Å². The summed E-state index contributed by atoms with van der Waals surface area (Å²) < 4.78 is 49.7. The van der Waals surface area contributed by atoms with Crippen molar-refractivity contribution in [2.24, 2.45) is 5.73 Å². The molecule has 0 bridgehead atoms. The lowest BCUT2D eigenvalue weighted by Crippen LogP contribution is -2.55. The summed E-state index contributed by atoms with van der Waals surface area (Å²) in [5.41, 5.74) is 9.02. The number of benzene rings is 1. The molecule has 2 unspecified atom stereocenters. The highest BCUT2D eigenvalue weighted by Crippen LogP contribution is 2.46. The molecule has 2 aromatic rings. The molecule has 1 fully saturated rings. The first kappa shape index (κ1) is 30.2. The number of carbonyl (C=O) groups is 1. The normalized spacial score (nSPS) is 24.8. The molecule has 15 heteroatoms. The van der Waals surface area contributed by atoms with Crippen LogP contribution < -0.4 is 26.8 Å². The fourth-order valence-corrected chi connectivity index (χ4v) is 5.17. The Bertz CT molecular complexity index is 1320. The van der Waals surface area contributed by atoms with Gasteiger partial charge in [0.15, 0.2) is 11.8 Å². The van der Waals surface area contributed by atoms with E-state index in [0.29, 0.717) is 0 Å². The van der Waals surface area contributed by atoms with Crippen molar-refractivity contribution in [1.82, 2.24) is 14.6 Å². The second-order valence-electron chi connectivity index (χ2n) is 8.92. The summed E-state index contributed by atoms with van der Waals surface area (Å²) in [6, 6.07) is 8.20. The van der Waals surface area contributed by atoms with Crippen LogP contribution >= 0.6 is 7.75 Å². The number of ether oxygens (including phenoxy) is 2. The fourth-order valence-electron chi connectivity index (χ4n) is 3.66. The molecule has 2 heterocycles. The number of anilines is 1. The van der Waals surface area contributed by atoms with Crippen molar-refractivity contribution in [2.75, 3.05) is 19.0 Å². The van der Waals surface area contributed by atoms with E-state index in [1.807, 2.05) is 0 Å². The van der Waals surface area contributed by atoms with Crippen LogP contribution in [0.5, 0.6) is 5.75 Å². The molecule has 6 atom stereocenters. The zero-order valence-electron chi connectivity index (χ0n) is 21.5. The lowest BCUT2D eigenvalue weighted by atomic mass is 9.91. The first-order valence-corrected chi connectivity index (χ1v) is 13.4. The minimum Gasteiger partial charge on any atom is -0.462 e.